The monoisotopic (exact) mass is 235 g/mol. The van der Waals surface area contributed by atoms with Crippen molar-refractivity contribution in [1.82, 2.24) is 5.32 Å². The van der Waals surface area contributed by atoms with Crippen molar-refractivity contribution in [3.8, 4) is 0 Å². The van der Waals surface area contributed by atoms with Gasteiger partial charge in [0.1, 0.15) is 0 Å². The maximum atomic E-state index is 5.33. The highest BCUT2D eigenvalue weighted by Gasteiger charge is 1.90. The van der Waals surface area contributed by atoms with Gasteiger partial charge in [0, 0.05) is 26.8 Å². The molecule has 0 aromatic heterocycles. The van der Waals surface area contributed by atoms with Gasteiger partial charge in [-0.05, 0) is 6.92 Å². The molecular formula is C11H25NO4. The van der Waals surface area contributed by atoms with Crippen LogP contribution in [0.2, 0.25) is 0 Å². The first-order valence-corrected chi connectivity index (χ1v) is 5.84. The van der Waals surface area contributed by atoms with E-state index in [0.29, 0.717) is 39.6 Å². The van der Waals surface area contributed by atoms with E-state index in [0.717, 1.165) is 19.7 Å². The lowest BCUT2D eigenvalue weighted by Crippen LogP contribution is -2.25. The molecule has 0 spiro atoms. The first kappa shape index (κ1) is 15.8. The Morgan fingerprint density at radius 1 is 0.750 bits per heavy atom. The molecule has 1 N–H and O–H groups in total. The topological polar surface area (TPSA) is 49.0 Å². The van der Waals surface area contributed by atoms with Crippen LogP contribution in [0.25, 0.3) is 0 Å². The molecular weight excluding hydrogens is 210 g/mol. The Morgan fingerprint density at radius 3 is 1.88 bits per heavy atom. The quantitative estimate of drug-likeness (QED) is 0.465. The third kappa shape index (κ3) is 13.8. The van der Waals surface area contributed by atoms with Gasteiger partial charge in [0.25, 0.3) is 0 Å². The molecule has 0 bridgehead atoms. The molecule has 5 heteroatoms. The summed E-state index contributed by atoms with van der Waals surface area (Å²) >= 11 is 0. The minimum absolute atomic E-state index is 0.653. The van der Waals surface area contributed by atoms with Crippen LogP contribution in [0.15, 0.2) is 0 Å². The van der Waals surface area contributed by atoms with E-state index in [-0.39, 0.29) is 0 Å². The summed E-state index contributed by atoms with van der Waals surface area (Å²) in [7, 11) is 1.67. The number of rotatable bonds is 13. The fraction of sp³-hybridized carbons (Fsp3) is 1.00. The molecule has 0 unspecified atom stereocenters. The molecule has 98 valence electrons. The fourth-order valence-electron chi connectivity index (χ4n) is 1.02. The molecule has 0 saturated heterocycles. The Kier molecular flexibility index (Phi) is 14.6. The van der Waals surface area contributed by atoms with Gasteiger partial charge in [-0.1, -0.05) is 0 Å². The Morgan fingerprint density at radius 2 is 1.31 bits per heavy atom. The van der Waals surface area contributed by atoms with Crippen LogP contribution in [0, 0.1) is 0 Å². The molecule has 0 heterocycles. The molecule has 0 aromatic rings. The average molecular weight is 235 g/mol. The third-order valence-electron chi connectivity index (χ3n) is 1.85. The lowest BCUT2D eigenvalue weighted by atomic mass is 10.6. The standard InChI is InChI=1S/C11H25NO4/c1-3-14-10-11-16-7-5-12-4-6-15-9-8-13-2/h12H,3-11H2,1-2H3. The number of methoxy groups -OCH3 is 1. The second-order valence-corrected chi connectivity index (χ2v) is 3.16. The van der Waals surface area contributed by atoms with Gasteiger partial charge < -0.3 is 24.3 Å². The first-order chi connectivity index (χ1) is 7.91. The van der Waals surface area contributed by atoms with Crippen LogP contribution in [-0.2, 0) is 18.9 Å². The molecule has 0 aromatic carbocycles. The van der Waals surface area contributed by atoms with Gasteiger partial charge in [0.05, 0.1) is 39.6 Å². The van der Waals surface area contributed by atoms with E-state index in [2.05, 4.69) is 5.32 Å². The SMILES string of the molecule is CCOCCOCCNCCOCCOC. The molecule has 0 aliphatic carbocycles. The molecule has 5 nitrogen and oxygen atoms in total. The average Bonchev–Trinajstić information content (AvgIpc) is 2.31. The highest BCUT2D eigenvalue weighted by atomic mass is 16.5. The van der Waals surface area contributed by atoms with E-state index in [1.54, 1.807) is 7.11 Å². The Balaban J connectivity index is 2.83. The van der Waals surface area contributed by atoms with Crippen LogP contribution in [0.5, 0.6) is 0 Å². The molecule has 0 fully saturated rings. The summed E-state index contributed by atoms with van der Waals surface area (Å²) in [6.45, 7) is 8.50. The molecule has 0 saturated carbocycles. The predicted octanol–water partition coefficient (Wildman–Crippen LogP) is 0.292. The van der Waals surface area contributed by atoms with Gasteiger partial charge in [-0.3, -0.25) is 0 Å². The zero-order valence-corrected chi connectivity index (χ0v) is 10.5. The molecule has 0 aliphatic rings. The largest absolute Gasteiger partial charge is 0.382 e. The van der Waals surface area contributed by atoms with Crippen LogP contribution in [0.1, 0.15) is 6.92 Å². The van der Waals surface area contributed by atoms with Gasteiger partial charge in [0.15, 0.2) is 0 Å². The van der Waals surface area contributed by atoms with Crippen molar-refractivity contribution in [3.63, 3.8) is 0 Å². The van der Waals surface area contributed by atoms with Crippen molar-refractivity contribution >= 4 is 0 Å². The van der Waals surface area contributed by atoms with E-state index < -0.39 is 0 Å². The van der Waals surface area contributed by atoms with Crippen LogP contribution >= 0.6 is 0 Å². The van der Waals surface area contributed by atoms with E-state index in [1.807, 2.05) is 6.92 Å². The van der Waals surface area contributed by atoms with Crippen LogP contribution in [0.4, 0.5) is 0 Å². The van der Waals surface area contributed by atoms with Gasteiger partial charge in [0.2, 0.25) is 0 Å². The second-order valence-electron chi connectivity index (χ2n) is 3.16. The fourth-order valence-corrected chi connectivity index (χ4v) is 1.02. The summed E-state index contributed by atoms with van der Waals surface area (Å²) in [5.74, 6) is 0. The van der Waals surface area contributed by atoms with Crippen molar-refractivity contribution in [1.29, 1.82) is 0 Å². The molecule has 0 aliphatic heterocycles. The number of hydrogen-bond donors (Lipinski definition) is 1. The van der Waals surface area contributed by atoms with Crippen molar-refractivity contribution in [3.05, 3.63) is 0 Å². The van der Waals surface area contributed by atoms with E-state index in [1.165, 1.54) is 0 Å². The van der Waals surface area contributed by atoms with Gasteiger partial charge in [-0.25, -0.2) is 0 Å². The summed E-state index contributed by atoms with van der Waals surface area (Å²) in [5, 5.41) is 3.22. The van der Waals surface area contributed by atoms with E-state index in [9.17, 15) is 0 Å². The first-order valence-electron chi connectivity index (χ1n) is 5.84. The predicted molar refractivity (Wildman–Crippen MR) is 62.9 cm³/mol. The molecule has 0 amide bonds. The van der Waals surface area contributed by atoms with Crippen molar-refractivity contribution in [2.45, 2.75) is 6.92 Å². The Hall–Kier alpha value is -0.200. The van der Waals surface area contributed by atoms with Crippen molar-refractivity contribution in [2.75, 3.05) is 66.4 Å². The highest BCUT2D eigenvalue weighted by Crippen LogP contribution is 1.78. The normalized spacial score (nSPS) is 10.9. The Labute approximate surface area is 98.4 Å². The Bertz CT molecular complexity index is 111. The maximum Gasteiger partial charge on any atom is 0.0701 e. The summed E-state index contributed by atoms with van der Waals surface area (Å²) in [4.78, 5) is 0. The maximum absolute atomic E-state index is 5.33. The number of hydrogen-bond acceptors (Lipinski definition) is 5. The molecule has 0 atom stereocenters. The van der Waals surface area contributed by atoms with Crippen molar-refractivity contribution in [2.24, 2.45) is 0 Å². The van der Waals surface area contributed by atoms with Gasteiger partial charge in [-0.2, -0.15) is 0 Å². The lowest BCUT2D eigenvalue weighted by molar-refractivity contribution is 0.0515. The number of nitrogens with one attached hydrogen (secondary N) is 1. The minimum atomic E-state index is 0.653. The van der Waals surface area contributed by atoms with E-state index in [4.69, 9.17) is 18.9 Å². The molecule has 0 radical (unpaired) electrons. The summed E-state index contributed by atoms with van der Waals surface area (Å²) in [5.41, 5.74) is 0. The van der Waals surface area contributed by atoms with Gasteiger partial charge >= 0.3 is 0 Å². The van der Waals surface area contributed by atoms with Crippen LogP contribution < -0.4 is 5.32 Å². The smallest absolute Gasteiger partial charge is 0.0701 e. The van der Waals surface area contributed by atoms with Crippen LogP contribution in [-0.4, -0.2) is 66.4 Å². The number of ether oxygens (including phenoxy) is 4. The molecule has 0 rings (SSSR count). The summed E-state index contributed by atoms with van der Waals surface area (Å²) < 4.78 is 20.6. The second kappa shape index (κ2) is 14.8. The van der Waals surface area contributed by atoms with Crippen molar-refractivity contribution < 1.29 is 18.9 Å². The molecule has 16 heavy (non-hydrogen) atoms. The van der Waals surface area contributed by atoms with Crippen LogP contribution in [0.3, 0.4) is 0 Å². The summed E-state index contributed by atoms with van der Waals surface area (Å²) in [6, 6.07) is 0. The highest BCUT2D eigenvalue weighted by molar-refractivity contribution is 4.45. The van der Waals surface area contributed by atoms with E-state index >= 15 is 0 Å². The van der Waals surface area contributed by atoms with Gasteiger partial charge in [-0.15, -0.1) is 0 Å². The minimum Gasteiger partial charge on any atom is -0.382 e. The zero-order chi connectivity index (χ0) is 11.9. The zero-order valence-electron chi connectivity index (χ0n) is 10.5. The third-order valence-corrected chi connectivity index (χ3v) is 1.85. The summed E-state index contributed by atoms with van der Waals surface area (Å²) in [6.07, 6.45) is 0. The lowest BCUT2D eigenvalue weighted by Gasteiger charge is -2.06.